The average Bonchev–Trinajstić information content (AvgIpc) is 2.75. The lowest BCUT2D eigenvalue weighted by Gasteiger charge is -2.44. The lowest BCUT2D eigenvalue weighted by atomic mass is 9.62. The molecule has 0 radical (unpaired) electrons. The number of aromatic hydroxyl groups is 1. The SMILES string of the molecule is CC(=O)OC1[C@H](Oc2c(O)c(C)c3c4c2[C@@H](C)CC[C@@H]4[C@@H](C)C[C@@H]3C=C(C)C)OC[C@@H](O)[C@@H]1O. The van der Waals surface area contributed by atoms with Crippen molar-refractivity contribution < 1.29 is 34.3 Å². The zero-order valence-electron chi connectivity index (χ0n) is 21.0. The number of benzene rings is 1. The van der Waals surface area contributed by atoms with E-state index in [0.29, 0.717) is 17.6 Å². The molecule has 34 heavy (non-hydrogen) atoms. The third kappa shape index (κ3) is 4.34. The quantitative estimate of drug-likeness (QED) is 0.444. The monoisotopic (exact) mass is 474 g/mol. The predicted molar refractivity (Wildman–Crippen MR) is 127 cm³/mol. The van der Waals surface area contributed by atoms with E-state index in [1.165, 1.54) is 23.6 Å². The summed E-state index contributed by atoms with van der Waals surface area (Å²) in [5.41, 5.74) is 5.50. The van der Waals surface area contributed by atoms with Crippen LogP contribution in [-0.2, 0) is 14.3 Å². The number of allylic oxidation sites excluding steroid dienone is 2. The summed E-state index contributed by atoms with van der Waals surface area (Å²) in [6, 6.07) is 0. The first-order chi connectivity index (χ1) is 16.0. The third-order valence-corrected chi connectivity index (χ3v) is 7.76. The van der Waals surface area contributed by atoms with Crippen molar-refractivity contribution in [1.82, 2.24) is 0 Å². The van der Waals surface area contributed by atoms with E-state index in [2.05, 4.69) is 33.8 Å². The second kappa shape index (κ2) is 9.51. The minimum atomic E-state index is -1.35. The summed E-state index contributed by atoms with van der Waals surface area (Å²) in [5.74, 6) is 1.05. The summed E-state index contributed by atoms with van der Waals surface area (Å²) in [6.45, 7) is 11.7. The van der Waals surface area contributed by atoms with Crippen LogP contribution in [0.2, 0.25) is 0 Å². The minimum Gasteiger partial charge on any atom is -0.504 e. The minimum absolute atomic E-state index is 0.0637. The molecule has 188 valence electrons. The van der Waals surface area contributed by atoms with Gasteiger partial charge in [-0.05, 0) is 74.5 Å². The number of carbonyl (C=O) groups excluding carboxylic acids is 1. The number of phenolic OH excluding ortho intramolecular Hbond substituents is 1. The van der Waals surface area contributed by atoms with Crippen molar-refractivity contribution in [2.45, 2.75) is 103 Å². The second-order valence-electron chi connectivity index (χ2n) is 10.6. The molecule has 8 atom stereocenters. The van der Waals surface area contributed by atoms with E-state index in [1.807, 2.05) is 6.92 Å². The number of hydrogen-bond donors (Lipinski definition) is 3. The van der Waals surface area contributed by atoms with E-state index >= 15 is 0 Å². The van der Waals surface area contributed by atoms with E-state index < -0.39 is 30.6 Å². The van der Waals surface area contributed by atoms with Crippen LogP contribution in [0.15, 0.2) is 11.6 Å². The van der Waals surface area contributed by atoms with Gasteiger partial charge in [0.15, 0.2) is 17.6 Å². The predicted octanol–water partition coefficient (Wildman–Crippen LogP) is 4.16. The molecule has 1 aromatic rings. The van der Waals surface area contributed by atoms with E-state index in [0.717, 1.165) is 30.4 Å². The van der Waals surface area contributed by atoms with Crippen LogP contribution in [0.25, 0.3) is 0 Å². The summed E-state index contributed by atoms with van der Waals surface area (Å²) in [6.07, 6.45) is 0.500. The molecule has 1 saturated heterocycles. The Hall–Kier alpha value is -2.09. The lowest BCUT2D eigenvalue weighted by molar-refractivity contribution is -0.250. The molecule has 1 aromatic carbocycles. The molecule has 1 aliphatic heterocycles. The number of rotatable bonds is 4. The Labute approximate surface area is 201 Å². The molecule has 3 N–H and O–H groups in total. The Balaban J connectivity index is 1.85. The third-order valence-electron chi connectivity index (χ3n) is 7.76. The molecule has 0 bridgehead atoms. The van der Waals surface area contributed by atoms with Crippen LogP contribution in [0.4, 0.5) is 0 Å². The zero-order valence-corrected chi connectivity index (χ0v) is 21.0. The van der Waals surface area contributed by atoms with Gasteiger partial charge in [-0.2, -0.15) is 0 Å². The highest BCUT2D eigenvalue weighted by molar-refractivity contribution is 5.66. The average molecular weight is 475 g/mol. The number of esters is 1. The normalized spacial score (nSPS) is 34.7. The van der Waals surface area contributed by atoms with Crippen LogP contribution in [0.1, 0.15) is 93.9 Å². The van der Waals surface area contributed by atoms with Gasteiger partial charge >= 0.3 is 5.97 Å². The highest BCUT2D eigenvalue weighted by atomic mass is 16.7. The van der Waals surface area contributed by atoms with E-state index in [1.54, 1.807) is 0 Å². The van der Waals surface area contributed by atoms with Gasteiger partial charge in [0.25, 0.3) is 0 Å². The summed E-state index contributed by atoms with van der Waals surface area (Å²) >= 11 is 0. The van der Waals surface area contributed by atoms with Gasteiger partial charge < -0.3 is 29.5 Å². The molecule has 1 fully saturated rings. The van der Waals surface area contributed by atoms with Gasteiger partial charge in [-0.3, -0.25) is 4.79 Å². The Morgan fingerprint density at radius 1 is 1.09 bits per heavy atom. The van der Waals surface area contributed by atoms with Gasteiger partial charge in [0.1, 0.15) is 12.2 Å². The molecular formula is C27H38O7. The maximum absolute atomic E-state index is 11.7. The zero-order chi connectivity index (χ0) is 24.9. The van der Waals surface area contributed by atoms with Crippen LogP contribution < -0.4 is 4.74 Å². The summed E-state index contributed by atoms with van der Waals surface area (Å²) in [5, 5.41) is 31.9. The van der Waals surface area contributed by atoms with E-state index in [4.69, 9.17) is 14.2 Å². The van der Waals surface area contributed by atoms with Crippen molar-refractivity contribution in [2.75, 3.05) is 6.61 Å². The Bertz CT molecular complexity index is 980. The fraction of sp³-hybridized carbons (Fsp3) is 0.667. The van der Waals surface area contributed by atoms with E-state index in [9.17, 15) is 20.1 Å². The van der Waals surface area contributed by atoms with Crippen LogP contribution in [0.5, 0.6) is 11.5 Å². The first-order valence-electron chi connectivity index (χ1n) is 12.4. The van der Waals surface area contributed by atoms with Gasteiger partial charge in [0, 0.05) is 18.4 Å². The van der Waals surface area contributed by atoms with Crippen LogP contribution in [0.3, 0.4) is 0 Å². The van der Waals surface area contributed by atoms with Gasteiger partial charge in [0.2, 0.25) is 6.29 Å². The van der Waals surface area contributed by atoms with Crippen molar-refractivity contribution in [2.24, 2.45) is 5.92 Å². The summed E-state index contributed by atoms with van der Waals surface area (Å²) in [4.78, 5) is 11.7. The number of ether oxygens (including phenoxy) is 3. The molecule has 1 heterocycles. The van der Waals surface area contributed by atoms with Crippen LogP contribution >= 0.6 is 0 Å². The molecule has 0 spiro atoms. The lowest BCUT2D eigenvalue weighted by Crippen LogP contribution is -2.56. The summed E-state index contributed by atoms with van der Waals surface area (Å²) in [7, 11) is 0. The maximum atomic E-state index is 11.7. The van der Waals surface area contributed by atoms with Crippen molar-refractivity contribution in [3.05, 3.63) is 33.9 Å². The highest BCUT2D eigenvalue weighted by Crippen LogP contribution is 2.58. The molecular weight excluding hydrogens is 436 g/mol. The molecule has 4 rings (SSSR count). The largest absolute Gasteiger partial charge is 0.504 e. The molecule has 2 aliphatic carbocycles. The number of hydrogen-bond acceptors (Lipinski definition) is 7. The van der Waals surface area contributed by atoms with Crippen molar-refractivity contribution in [3.8, 4) is 11.5 Å². The standard InChI is InChI=1S/C27H38O7/c1-12(2)9-17-10-14(4)18-8-7-13(3)20-22(18)21(17)15(5)23(30)25(20)34-27-26(33-16(6)28)24(31)19(29)11-32-27/h9,13-14,17-19,24,26-27,29-31H,7-8,10-11H2,1-6H3/t13-,14-,17-,18+,19+,24-,26?,27-/m0/s1. The van der Waals surface area contributed by atoms with Crippen LogP contribution in [0, 0.1) is 12.8 Å². The first-order valence-corrected chi connectivity index (χ1v) is 12.4. The molecule has 0 saturated carbocycles. The Morgan fingerprint density at radius 2 is 1.79 bits per heavy atom. The topological polar surface area (TPSA) is 105 Å². The van der Waals surface area contributed by atoms with Gasteiger partial charge in [-0.25, -0.2) is 0 Å². The molecule has 7 nitrogen and oxygen atoms in total. The fourth-order valence-corrected chi connectivity index (χ4v) is 6.21. The number of carbonyl (C=O) groups is 1. The Kier molecular flexibility index (Phi) is 7.00. The number of phenols is 1. The molecule has 7 heteroatoms. The number of aliphatic hydroxyl groups is 2. The highest BCUT2D eigenvalue weighted by Gasteiger charge is 2.46. The van der Waals surface area contributed by atoms with Gasteiger partial charge in [-0.15, -0.1) is 0 Å². The fourth-order valence-electron chi connectivity index (χ4n) is 6.21. The van der Waals surface area contributed by atoms with Gasteiger partial charge in [-0.1, -0.05) is 25.5 Å². The first kappa shape index (κ1) is 25.0. The Morgan fingerprint density at radius 3 is 2.44 bits per heavy atom. The van der Waals surface area contributed by atoms with Crippen molar-refractivity contribution >= 4 is 5.97 Å². The molecule has 1 unspecified atom stereocenters. The summed E-state index contributed by atoms with van der Waals surface area (Å²) < 4.78 is 17.2. The maximum Gasteiger partial charge on any atom is 0.303 e. The second-order valence-corrected chi connectivity index (χ2v) is 10.6. The molecule has 3 aliphatic rings. The van der Waals surface area contributed by atoms with E-state index in [-0.39, 0.29) is 24.2 Å². The van der Waals surface area contributed by atoms with Crippen molar-refractivity contribution in [1.29, 1.82) is 0 Å². The smallest absolute Gasteiger partial charge is 0.303 e. The van der Waals surface area contributed by atoms with Crippen LogP contribution in [-0.4, -0.2) is 52.5 Å². The molecule has 0 aromatic heterocycles. The van der Waals surface area contributed by atoms with Gasteiger partial charge in [0.05, 0.1) is 6.61 Å². The van der Waals surface area contributed by atoms with Crippen molar-refractivity contribution in [3.63, 3.8) is 0 Å². The number of aliphatic hydroxyl groups excluding tert-OH is 2. The molecule has 0 amide bonds.